The molecule has 0 fully saturated rings. The predicted molar refractivity (Wildman–Crippen MR) is 80.5 cm³/mol. The van der Waals surface area contributed by atoms with Crippen LogP contribution < -0.4 is 5.56 Å². The Balaban J connectivity index is 1.82. The molecule has 0 saturated heterocycles. The molecule has 0 saturated carbocycles. The fourth-order valence-corrected chi connectivity index (χ4v) is 2.06. The molecule has 2 heterocycles. The molecule has 6 nitrogen and oxygen atoms in total. The molecular formula is C16H13N3O3. The third kappa shape index (κ3) is 2.71. The van der Waals surface area contributed by atoms with Crippen molar-refractivity contribution < 1.29 is 9.53 Å². The first-order valence-electron chi connectivity index (χ1n) is 6.72. The minimum Gasteiger partial charge on any atom is -0.455 e. The average molecular weight is 295 g/mol. The number of carbonyl (C=O) groups excluding carboxylic acids is 1. The van der Waals surface area contributed by atoms with Crippen LogP contribution in [0.25, 0.3) is 11.0 Å². The molecule has 0 unspecified atom stereocenters. The lowest BCUT2D eigenvalue weighted by atomic mass is 10.2. The van der Waals surface area contributed by atoms with Gasteiger partial charge in [-0.25, -0.2) is 14.8 Å². The SMILES string of the molecule is Cc1nc2ccccc2nc1COC(=O)c1ccc[nH]c1=O. The Hall–Kier alpha value is -3.02. The van der Waals surface area contributed by atoms with Gasteiger partial charge in [0.25, 0.3) is 5.56 Å². The van der Waals surface area contributed by atoms with Gasteiger partial charge in [-0.3, -0.25) is 4.79 Å². The van der Waals surface area contributed by atoms with E-state index in [-0.39, 0.29) is 12.2 Å². The number of ether oxygens (including phenoxy) is 1. The van der Waals surface area contributed by atoms with Gasteiger partial charge >= 0.3 is 5.97 Å². The largest absolute Gasteiger partial charge is 0.455 e. The van der Waals surface area contributed by atoms with Crippen molar-refractivity contribution in [3.05, 3.63) is 69.9 Å². The average Bonchev–Trinajstić information content (AvgIpc) is 2.53. The number of carbonyl (C=O) groups is 1. The van der Waals surface area contributed by atoms with Crippen molar-refractivity contribution in [2.75, 3.05) is 0 Å². The topological polar surface area (TPSA) is 84.9 Å². The summed E-state index contributed by atoms with van der Waals surface area (Å²) in [5, 5.41) is 0. The van der Waals surface area contributed by atoms with Gasteiger partial charge in [-0.05, 0) is 31.2 Å². The summed E-state index contributed by atoms with van der Waals surface area (Å²) in [6.45, 7) is 1.77. The number of hydrogen-bond acceptors (Lipinski definition) is 5. The Labute approximate surface area is 125 Å². The number of benzene rings is 1. The van der Waals surface area contributed by atoms with Crippen molar-refractivity contribution in [1.29, 1.82) is 0 Å². The Morgan fingerprint density at radius 2 is 1.86 bits per heavy atom. The summed E-state index contributed by atoms with van der Waals surface area (Å²) in [5.41, 5.74) is 2.27. The zero-order chi connectivity index (χ0) is 15.5. The second-order valence-electron chi connectivity index (χ2n) is 4.73. The monoisotopic (exact) mass is 295 g/mol. The summed E-state index contributed by atoms with van der Waals surface area (Å²) in [5.74, 6) is -0.684. The first-order valence-corrected chi connectivity index (χ1v) is 6.72. The number of aromatic amines is 1. The van der Waals surface area contributed by atoms with E-state index < -0.39 is 11.5 Å². The number of para-hydroxylation sites is 2. The molecule has 3 aromatic rings. The fourth-order valence-electron chi connectivity index (χ4n) is 2.06. The van der Waals surface area contributed by atoms with E-state index in [1.165, 1.54) is 12.3 Å². The van der Waals surface area contributed by atoms with Crippen molar-refractivity contribution in [1.82, 2.24) is 15.0 Å². The quantitative estimate of drug-likeness (QED) is 0.747. The van der Waals surface area contributed by atoms with Crippen LogP contribution in [0, 0.1) is 6.92 Å². The zero-order valence-electron chi connectivity index (χ0n) is 11.9. The fraction of sp³-hybridized carbons (Fsp3) is 0.125. The van der Waals surface area contributed by atoms with Gasteiger partial charge in [0.2, 0.25) is 0 Å². The maximum Gasteiger partial charge on any atom is 0.344 e. The molecule has 6 heteroatoms. The second kappa shape index (κ2) is 5.77. The molecule has 0 aliphatic carbocycles. The molecule has 3 rings (SSSR count). The van der Waals surface area contributed by atoms with Gasteiger partial charge in [0, 0.05) is 6.20 Å². The third-order valence-electron chi connectivity index (χ3n) is 3.22. The number of nitrogens with one attached hydrogen (secondary N) is 1. The summed E-state index contributed by atoms with van der Waals surface area (Å²) in [6.07, 6.45) is 1.46. The number of fused-ring (bicyclic) bond motifs is 1. The van der Waals surface area contributed by atoms with E-state index in [4.69, 9.17) is 4.74 Å². The number of hydrogen-bond donors (Lipinski definition) is 1. The lowest BCUT2D eigenvalue weighted by molar-refractivity contribution is 0.0465. The van der Waals surface area contributed by atoms with Crippen LogP contribution in [0.2, 0.25) is 0 Å². The van der Waals surface area contributed by atoms with Gasteiger partial charge in [0.1, 0.15) is 12.2 Å². The Bertz CT molecular complexity index is 902. The van der Waals surface area contributed by atoms with Crippen LogP contribution in [-0.4, -0.2) is 20.9 Å². The minimum absolute atomic E-state index is 0.0309. The number of aromatic nitrogens is 3. The van der Waals surface area contributed by atoms with Gasteiger partial charge < -0.3 is 9.72 Å². The number of esters is 1. The third-order valence-corrected chi connectivity index (χ3v) is 3.22. The zero-order valence-corrected chi connectivity index (χ0v) is 11.9. The summed E-state index contributed by atoms with van der Waals surface area (Å²) >= 11 is 0. The second-order valence-corrected chi connectivity index (χ2v) is 4.73. The van der Waals surface area contributed by atoms with Gasteiger partial charge in [0.15, 0.2) is 0 Å². The van der Waals surface area contributed by atoms with Crippen LogP contribution >= 0.6 is 0 Å². The van der Waals surface area contributed by atoms with Crippen molar-refractivity contribution >= 4 is 17.0 Å². The standard InChI is InChI=1S/C16H13N3O3/c1-10-14(19-13-7-3-2-6-12(13)18-10)9-22-16(21)11-5-4-8-17-15(11)20/h2-8H,9H2,1H3,(H,17,20). The Kier molecular flexibility index (Phi) is 3.65. The summed E-state index contributed by atoms with van der Waals surface area (Å²) < 4.78 is 5.16. The summed E-state index contributed by atoms with van der Waals surface area (Å²) in [4.78, 5) is 34.7. The van der Waals surface area contributed by atoms with E-state index in [1.807, 2.05) is 24.3 Å². The molecule has 0 atom stereocenters. The van der Waals surface area contributed by atoms with E-state index in [0.29, 0.717) is 11.4 Å². The van der Waals surface area contributed by atoms with Crippen LogP contribution in [0.1, 0.15) is 21.7 Å². The van der Waals surface area contributed by atoms with E-state index in [9.17, 15) is 9.59 Å². The lowest BCUT2D eigenvalue weighted by Gasteiger charge is -2.07. The van der Waals surface area contributed by atoms with Crippen LogP contribution in [0.4, 0.5) is 0 Å². The van der Waals surface area contributed by atoms with E-state index in [0.717, 1.165) is 11.0 Å². The van der Waals surface area contributed by atoms with Crippen LogP contribution in [0.5, 0.6) is 0 Å². The number of rotatable bonds is 3. The van der Waals surface area contributed by atoms with Crippen LogP contribution in [0.3, 0.4) is 0 Å². The normalized spacial score (nSPS) is 10.6. The molecule has 1 aromatic carbocycles. The molecule has 22 heavy (non-hydrogen) atoms. The molecule has 0 aliphatic heterocycles. The van der Waals surface area contributed by atoms with E-state index in [1.54, 1.807) is 13.0 Å². The number of H-pyrrole nitrogens is 1. The first-order chi connectivity index (χ1) is 10.6. The van der Waals surface area contributed by atoms with Crippen molar-refractivity contribution in [3.8, 4) is 0 Å². The van der Waals surface area contributed by atoms with Gasteiger partial charge in [-0.2, -0.15) is 0 Å². The highest BCUT2D eigenvalue weighted by molar-refractivity contribution is 5.88. The van der Waals surface area contributed by atoms with Crippen molar-refractivity contribution in [2.45, 2.75) is 13.5 Å². The van der Waals surface area contributed by atoms with Crippen molar-refractivity contribution in [3.63, 3.8) is 0 Å². The molecule has 110 valence electrons. The Morgan fingerprint density at radius 1 is 1.14 bits per heavy atom. The molecular weight excluding hydrogens is 282 g/mol. The van der Waals surface area contributed by atoms with Gasteiger partial charge in [-0.15, -0.1) is 0 Å². The molecule has 1 N–H and O–H groups in total. The highest BCUT2D eigenvalue weighted by Gasteiger charge is 2.13. The molecule has 2 aromatic heterocycles. The maximum absolute atomic E-state index is 11.9. The van der Waals surface area contributed by atoms with Crippen LogP contribution in [-0.2, 0) is 11.3 Å². The van der Waals surface area contributed by atoms with Gasteiger partial charge in [0.05, 0.1) is 22.4 Å². The maximum atomic E-state index is 11.9. The summed E-state index contributed by atoms with van der Waals surface area (Å²) in [7, 11) is 0. The van der Waals surface area contributed by atoms with Crippen molar-refractivity contribution in [2.24, 2.45) is 0 Å². The lowest BCUT2D eigenvalue weighted by Crippen LogP contribution is -2.19. The molecule has 0 amide bonds. The van der Waals surface area contributed by atoms with Crippen LogP contribution in [0.15, 0.2) is 47.4 Å². The first kappa shape index (κ1) is 13.9. The van der Waals surface area contributed by atoms with E-state index >= 15 is 0 Å². The number of aryl methyl sites for hydroxylation is 1. The minimum atomic E-state index is -0.684. The smallest absolute Gasteiger partial charge is 0.344 e. The van der Waals surface area contributed by atoms with E-state index in [2.05, 4.69) is 15.0 Å². The number of pyridine rings is 1. The predicted octanol–water partition coefficient (Wildman–Crippen LogP) is 1.98. The molecule has 0 spiro atoms. The number of nitrogens with zero attached hydrogens (tertiary/aromatic N) is 2. The highest BCUT2D eigenvalue weighted by Crippen LogP contribution is 2.13. The molecule has 0 aliphatic rings. The van der Waals surface area contributed by atoms with Gasteiger partial charge in [-0.1, -0.05) is 12.1 Å². The highest BCUT2D eigenvalue weighted by atomic mass is 16.5. The summed E-state index contributed by atoms with van der Waals surface area (Å²) in [6, 6.07) is 10.5. The Morgan fingerprint density at radius 3 is 2.59 bits per heavy atom. The molecule has 0 bridgehead atoms. The molecule has 0 radical (unpaired) electrons.